The van der Waals surface area contributed by atoms with Crippen LogP contribution in [0.15, 0.2) is 69.5 Å². The predicted molar refractivity (Wildman–Crippen MR) is 139 cm³/mol. The number of anilines is 1. The van der Waals surface area contributed by atoms with Crippen molar-refractivity contribution in [3.05, 3.63) is 86.7 Å². The number of nitriles is 1. The summed E-state index contributed by atoms with van der Waals surface area (Å²) in [4.78, 5) is 2.16. The van der Waals surface area contributed by atoms with Crippen molar-refractivity contribution >= 4 is 61.6 Å². The summed E-state index contributed by atoms with van der Waals surface area (Å²) < 4.78 is 3.17. The Bertz CT molecular complexity index is 1210. The number of fused-ring (bicyclic) bond motifs is 1. The van der Waals surface area contributed by atoms with Crippen molar-refractivity contribution in [3.8, 4) is 6.07 Å². The van der Waals surface area contributed by atoms with Gasteiger partial charge in [-0.1, -0.05) is 64.4 Å². The molecule has 2 aliphatic heterocycles. The van der Waals surface area contributed by atoms with Gasteiger partial charge in [0.2, 0.25) is 0 Å². The van der Waals surface area contributed by atoms with Crippen molar-refractivity contribution in [2.45, 2.75) is 32.2 Å². The van der Waals surface area contributed by atoms with E-state index in [1.807, 2.05) is 30.3 Å². The molecule has 8 heteroatoms. The highest BCUT2D eigenvalue weighted by Gasteiger charge is 2.30. The molecule has 2 aliphatic rings. The summed E-state index contributed by atoms with van der Waals surface area (Å²) in [6, 6.07) is 20.9. The van der Waals surface area contributed by atoms with Crippen LogP contribution < -0.4 is 4.90 Å². The SMILES string of the molecule is Br.N#C/C(=C1\SC=C(c2ccc(Br)cc2)N1c1ccccc1)c1nnc2n1CCCCC2. The maximum absolute atomic E-state index is 10.2. The van der Waals surface area contributed by atoms with E-state index >= 15 is 0 Å². The van der Waals surface area contributed by atoms with Gasteiger partial charge in [-0.15, -0.1) is 27.2 Å². The topological polar surface area (TPSA) is 57.7 Å². The van der Waals surface area contributed by atoms with Gasteiger partial charge in [0.15, 0.2) is 5.82 Å². The first-order valence-electron chi connectivity index (χ1n) is 10.3. The molecule has 0 radical (unpaired) electrons. The Balaban J connectivity index is 0.00000245. The van der Waals surface area contributed by atoms with Gasteiger partial charge in [0.1, 0.15) is 22.5 Å². The largest absolute Gasteiger partial charge is 0.310 e. The monoisotopic (exact) mass is 569 g/mol. The molecule has 0 spiro atoms. The third kappa shape index (κ3) is 4.29. The Hall–Kier alpha value is -2.34. The number of benzene rings is 2. The lowest BCUT2D eigenvalue weighted by molar-refractivity contribution is 0.627. The third-order valence-electron chi connectivity index (χ3n) is 5.54. The molecular weight excluding hydrogens is 550 g/mol. The summed E-state index contributed by atoms with van der Waals surface area (Å²) in [6.07, 6.45) is 4.31. The van der Waals surface area contributed by atoms with E-state index in [4.69, 9.17) is 0 Å². The summed E-state index contributed by atoms with van der Waals surface area (Å²) >= 11 is 5.09. The lowest BCUT2D eigenvalue weighted by atomic mass is 10.1. The second-order valence-electron chi connectivity index (χ2n) is 7.49. The van der Waals surface area contributed by atoms with Gasteiger partial charge in [0.05, 0.1) is 5.70 Å². The lowest BCUT2D eigenvalue weighted by Gasteiger charge is -2.25. The fourth-order valence-corrected chi connectivity index (χ4v) is 5.30. The lowest BCUT2D eigenvalue weighted by Crippen LogP contribution is -2.18. The molecule has 162 valence electrons. The van der Waals surface area contributed by atoms with Gasteiger partial charge in [-0.3, -0.25) is 0 Å². The first-order valence-corrected chi connectivity index (χ1v) is 12.0. The van der Waals surface area contributed by atoms with Crippen LogP contribution in [-0.4, -0.2) is 14.8 Å². The summed E-state index contributed by atoms with van der Waals surface area (Å²) in [7, 11) is 0. The molecule has 32 heavy (non-hydrogen) atoms. The van der Waals surface area contributed by atoms with Crippen LogP contribution in [0.25, 0.3) is 11.3 Å². The van der Waals surface area contributed by atoms with Crippen LogP contribution in [0.1, 0.15) is 36.5 Å². The molecule has 3 heterocycles. The number of rotatable bonds is 3. The summed E-state index contributed by atoms with van der Waals surface area (Å²) in [5.74, 6) is 1.66. The number of para-hydroxylation sites is 1. The Morgan fingerprint density at radius 3 is 2.53 bits per heavy atom. The average molecular weight is 571 g/mol. The number of thioether (sulfide) groups is 1. The molecule has 0 unspecified atom stereocenters. The fourth-order valence-electron chi connectivity index (χ4n) is 4.01. The van der Waals surface area contributed by atoms with Gasteiger partial charge in [-0.25, -0.2) is 0 Å². The molecule has 3 aromatic rings. The smallest absolute Gasteiger partial charge is 0.177 e. The normalized spacial score (nSPS) is 17.0. The number of hydrogen-bond acceptors (Lipinski definition) is 5. The van der Waals surface area contributed by atoms with E-state index in [1.165, 1.54) is 6.42 Å². The predicted octanol–water partition coefficient (Wildman–Crippen LogP) is 6.79. The number of hydrogen-bond donors (Lipinski definition) is 0. The number of allylic oxidation sites excluding steroid dienone is 1. The van der Waals surface area contributed by atoms with Gasteiger partial charge in [0.25, 0.3) is 0 Å². The van der Waals surface area contributed by atoms with Crippen molar-refractivity contribution in [2.75, 3.05) is 4.90 Å². The number of aromatic nitrogens is 3. The van der Waals surface area contributed by atoms with Crippen molar-refractivity contribution in [3.63, 3.8) is 0 Å². The second-order valence-corrected chi connectivity index (χ2v) is 9.27. The highest BCUT2D eigenvalue weighted by atomic mass is 79.9. The molecule has 1 aromatic heterocycles. The first kappa shape index (κ1) is 22.8. The zero-order valence-corrected chi connectivity index (χ0v) is 21.4. The standard InChI is InChI=1S/C24H20BrN5S.BrH/c25-18-12-10-17(11-13-18)21-16-31-24(30(21)19-7-3-1-4-8-19)20(15-26)23-28-27-22-9-5-2-6-14-29(22)23;/h1,3-4,7-8,10-13,16H,2,5-6,9,14H2;1H/b24-20+;. The van der Waals surface area contributed by atoms with Gasteiger partial charge in [0, 0.05) is 28.5 Å². The van der Waals surface area contributed by atoms with E-state index in [2.05, 4.69) is 71.3 Å². The van der Waals surface area contributed by atoms with Crippen LogP contribution in [0.5, 0.6) is 0 Å². The summed E-state index contributed by atoms with van der Waals surface area (Å²) in [5.41, 5.74) is 3.71. The van der Waals surface area contributed by atoms with Crippen LogP contribution in [0.2, 0.25) is 0 Å². The third-order valence-corrected chi connectivity index (χ3v) is 7.02. The molecule has 0 saturated carbocycles. The van der Waals surface area contributed by atoms with E-state index in [0.717, 1.165) is 58.1 Å². The first-order chi connectivity index (χ1) is 15.3. The average Bonchev–Trinajstić information content (AvgIpc) is 3.33. The van der Waals surface area contributed by atoms with E-state index in [-0.39, 0.29) is 17.0 Å². The zero-order chi connectivity index (χ0) is 21.2. The van der Waals surface area contributed by atoms with E-state index in [0.29, 0.717) is 11.4 Å². The quantitative estimate of drug-likeness (QED) is 0.324. The van der Waals surface area contributed by atoms with Crippen LogP contribution >= 0.6 is 44.7 Å². The second kappa shape index (κ2) is 10.1. The Labute approximate surface area is 210 Å². The van der Waals surface area contributed by atoms with E-state index in [9.17, 15) is 5.26 Å². The zero-order valence-electron chi connectivity index (χ0n) is 17.2. The molecule has 0 aliphatic carbocycles. The molecule has 0 bridgehead atoms. The minimum absolute atomic E-state index is 0. The maximum atomic E-state index is 10.2. The summed E-state index contributed by atoms with van der Waals surface area (Å²) in [6.45, 7) is 0.860. The van der Waals surface area contributed by atoms with Gasteiger partial charge in [-0.05, 0) is 42.7 Å². The molecule has 5 nitrogen and oxygen atoms in total. The van der Waals surface area contributed by atoms with Crippen molar-refractivity contribution in [1.82, 2.24) is 14.8 Å². The van der Waals surface area contributed by atoms with Gasteiger partial charge >= 0.3 is 0 Å². The number of aryl methyl sites for hydroxylation is 1. The highest BCUT2D eigenvalue weighted by molar-refractivity contribution is 9.10. The number of halogens is 2. The molecule has 5 rings (SSSR count). The fraction of sp³-hybridized carbons (Fsp3) is 0.208. The van der Waals surface area contributed by atoms with E-state index < -0.39 is 0 Å². The van der Waals surface area contributed by atoms with Crippen molar-refractivity contribution in [1.29, 1.82) is 5.26 Å². The molecule has 2 aromatic carbocycles. The van der Waals surface area contributed by atoms with Crippen LogP contribution in [0, 0.1) is 11.3 Å². The minimum Gasteiger partial charge on any atom is -0.310 e. The molecule has 0 N–H and O–H groups in total. The van der Waals surface area contributed by atoms with Crippen molar-refractivity contribution < 1.29 is 0 Å². The van der Waals surface area contributed by atoms with Gasteiger partial charge in [-0.2, -0.15) is 5.26 Å². The number of nitrogens with zero attached hydrogens (tertiary/aromatic N) is 5. The van der Waals surface area contributed by atoms with Crippen LogP contribution in [-0.2, 0) is 13.0 Å². The Morgan fingerprint density at radius 2 is 1.78 bits per heavy atom. The van der Waals surface area contributed by atoms with Crippen molar-refractivity contribution in [2.24, 2.45) is 0 Å². The highest BCUT2D eigenvalue weighted by Crippen LogP contribution is 2.46. The molecule has 0 saturated heterocycles. The minimum atomic E-state index is 0. The molecule has 0 fully saturated rings. The van der Waals surface area contributed by atoms with E-state index in [1.54, 1.807) is 11.8 Å². The van der Waals surface area contributed by atoms with Gasteiger partial charge < -0.3 is 9.47 Å². The molecular formula is C24H21Br2N5S. The van der Waals surface area contributed by atoms with Crippen LogP contribution in [0.4, 0.5) is 5.69 Å². The molecule has 0 atom stereocenters. The summed E-state index contributed by atoms with van der Waals surface area (Å²) in [5, 5.41) is 22.1. The Kier molecular flexibility index (Phi) is 7.19. The Morgan fingerprint density at radius 1 is 1.00 bits per heavy atom. The maximum Gasteiger partial charge on any atom is 0.177 e. The molecule has 0 amide bonds. The van der Waals surface area contributed by atoms with Crippen LogP contribution in [0.3, 0.4) is 0 Å².